The van der Waals surface area contributed by atoms with Crippen molar-refractivity contribution in [1.82, 2.24) is 4.90 Å². The van der Waals surface area contributed by atoms with E-state index in [2.05, 4.69) is 0 Å². The average molecular weight is 311 g/mol. The van der Waals surface area contributed by atoms with E-state index in [1.165, 1.54) is 32.1 Å². The molecule has 1 aliphatic rings. The molecule has 0 spiro atoms. The molecule has 4 heteroatoms. The number of halogens is 1. The van der Waals surface area contributed by atoms with Crippen molar-refractivity contribution in [1.29, 1.82) is 0 Å². The lowest BCUT2D eigenvalue weighted by Crippen LogP contribution is -2.38. The molecule has 1 aromatic rings. The number of carbonyl (C=O) groups excluding carboxylic acids is 1. The third kappa shape index (κ3) is 5.01. The van der Waals surface area contributed by atoms with E-state index in [1.54, 1.807) is 0 Å². The van der Waals surface area contributed by atoms with Gasteiger partial charge in [-0.05, 0) is 24.3 Å². The number of hydrogen-bond donors (Lipinski definition) is 1. The van der Waals surface area contributed by atoms with Crippen molar-refractivity contribution in [2.45, 2.75) is 38.0 Å². The highest BCUT2D eigenvalue weighted by Gasteiger charge is 2.24. The number of carbonyl (C=O) groups is 1. The fourth-order valence-electron chi connectivity index (χ4n) is 3.18. The molecule has 1 aromatic carbocycles. The van der Waals surface area contributed by atoms with Gasteiger partial charge in [0.15, 0.2) is 0 Å². The summed E-state index contributed by atoms with van der Waals surface area (Å²) in [7, 11) is 1.92. The van der Waals surface area contributed by atoms with Crippen molar-refractivity contribution in [3.05, 3.63) is 35.9 Å². The Labute approximate surface area is 134 Å². The highest BCUT2D eigenvalue weighted by atomic mass is 35.5. The smallest absolute Gasteiger partial charge is 0.231 e. The predicted molar refractivity (Wildman–Crippen MR) is 89.7 cm³/mol. The Morgan fingerprint density at radius 2 is 1.86 bits per heavy atom. The van der Waals surface area contributed by atoms with Gasteiger partial charge < -0.3 is 10.6 Å². The monoisotopic (exact) mass is 310 g/mol. The van der Waals surface area contributed by atoms with Crippen LogP contribution in [-0.2, 0) is 4.79 Å². The summed E-state index contributed by atoms with van der Waals surface area (Å²) in [6, 6.07) is 9.87. The minimum absolute atomic E-state index is 0. The molecule has 3 nitrogen and oxygen atoms in total. The number of rotatable bonds is 5. The normalized spacial score (nSPS) is 16.9. The van der Waals surface area contributed by atoms with Crippen molar-refractivity contribution < 1.29 is 4.79 Å². The maximum Gasteiger partial charge on any atom is 0.231 e. The summed E-state index contributed by atoms with van der Waals surface area (Å²) in [5.74, 6) is 0.626. The van der Waals surface area contributed by atoms with Gasteiger partial charge in [-0.2, -0.15) is 0 Å². The van der Waals surface area contributed by atoms with Crippen LogP contribution >= 0.6 is 12.4 Å². The molecule has 0 bridgehead atoms. The lowest BCUT2D eigenvalue weighted by molar-refractivity contribution is -0.132. The summed E-state index contributed by atoms with van der Waals surface area (Å²) < 4.78 is 0. The fourth-order valence-corrected chi connectivity index (χ4v) is 3.18. The lowest BCUT2D eigenvalue weighted by atomic mass is 9.88. The van der Waals surface area contributed by atoms with Crippen LogP contribution in [0.5, 0.6) is 0 Å². The van der Waals surface area contributed by atoms with E-state index in [-0.39, 0.29) is 24.2 Å². The minimum Gasteiger partial charge on any atom is -0.345 e. The summed E-state index contributed by atoms with van der Waals surface area (Å²) >= 11 is 0. The lowest BCUT2D eigenvalue weighted by Gasteiger charge is -2.29. The van der Waals surface area contributed by atoms with Gasteiger partial charge in [0.25, 0.3) is 0 Å². The Kier molecular flexibility index (Phi) is 7.76. The van der Waals surface area contributed by atoms with E-state index in [9.17, 15) is 4.79 Å². The van der Waals surface area contributed by atoms with Crippen LogP contribution < -0.4 is 5.73 Å². The van der Waals surface area contributed by atoms with E-state index in [0.717, 1.165) is 12.1 Å². The van der Waals surface area contributed by atoms with E-state index in [1.807, 2.05) is 42.3 Å². The van der Waals surface area contributed by atoms with Crippen molar-refractivity contribution in [2.75, 3.05) is 20.1 Å². The Hall–Kier alpha value is -1.06. The molecule has 118 valence electrons. The zero-order valence-electron chi connectivity index (χ0n) is 12.8. The summed E-state index contributed by atoms with van der Waals surface area (Å²) in [6.45, 7) is 1.25. The van der Waals surface area contributed by atoms with Crippen molar-refractivity contribution in [3.63, 3.8) is 0 Å². The van der Waals surface area contributed by atoms with Crippen LogP contribution in [0.1, 0.15) is 43.6 Å². The molecule has 21 heavy (non-hydrogen) atoms. The van der Waals surface area contributed by atoms with Gasteiger partial charge in [-0.15, -0.1) is 12.4 Å². The predicted octanol–water partition coefficient (Wildman–Crippen LogP) is 3.19. The van der Waals surface area contributed by atoms with Crippen LogP contribution in [-0.4, -0.2) is 30.9 Å². The molecule has 2 N–H and O–H groups in total. The molecule has 1 fully saturated rings. The zero-order valence-corrected chi connectivity index (χ0v) is 13.6. The quantitative estimate of drug-likeness (QED) is 0.908. The highest BCUT2D eigenvalue weighted by Crippen LogP contribution is 2.25. The summed E-state index contributed by atoms with van der Waals surface area (Å²) in [5.41, 5.74) is 6.85. The first-order chi connectivity index (χ1) is 9.72. The second-order valence-corrected chi connectivity index (χ2v) is 5.92. The summed E-state index contributed by atoms with van der Waals surface area (Å²) in [4.78, 5) is 14.5. The molecule has 0 aliphatic heterocycles. The topological polar surface area (TPSA) is 46.3 Å². The molecule has 0 saturated heterocycles. The molecule has 0 aromatic heterocycles. The van der Waals surface area contributed by atoms with Gasteiger partial charge in [-0.3, -0.25) is 4.79 Å². The van der Waals surface area contributed by atoms with Crippen molar-refractivity contribution in [3.8, 4) is 0 Å². The molecule has 1 amide bonds. The number of nitrogens with two attached hydrogens (primary N) is 1. The van der Waals surface area contributed by atoms with Gasteiger partial charge in [0.05, 0.1) is 5.92 Å². The van der Waals surface area contributed by atoms with Gasteiger partial charge >= 0.3 is 0 Å². The van der Waals surface area contributed by atoms with Gasteiger partial charge in [-0.25, -0.2) is 0 Å². The van der Waals surface area contributed by atoms with Crippen LogP contribution in [0.2, 0.25) is 0 Å². The van der Waals surface area contributed by atoms with Gasteiger partial charge in [-0.1, -0.05) is 49.6 Å². The van der Waals surface area contributed by atoms with Crippen LogP contribution in [0, 0.1) is 5.92 Å². The standard InChI is InChI=1S/C17H26N2O.ClH/c1-19(13-14-8-4-2-5-9-14)17(20)16(12-18)15-10-6-3-7-11-15;/h3,6-7,10-11,14,16H,2,4-5,8-9,12-13,18H2,1H3;1H. The second kappa shape index (κ2) is 9.06. The molecule has 2 rings (SSSR count). The van der Waals surface area contributed by atoms with Crippen LogP contribution in [0.3, 0.4) is 0 Å². The summed E-state index contributed by atoms with van der Waals surface area (Å²) in [5, 5.41) is 0. The molecular formula is C17H27ClN2O. The minimum atomic E-state index is -0.204. The number of benzene rings is 1. The molecule has 1 atom stereocenters. The number of amides is 1. The maximum absolute atomic E-state index is 12.6. The van der Waals surface area contributed by atoms with E-state index in [4.69, 9.17) is 5.73 Å². The van der Waals surface area contributed by atoms with Crippen LogP contribution in [0.25, 0.3) is 0 Å². The second-order valence-electron chi connectivity index (χ2n) is 5.92. The number of likely N-dealkylation sites (N-methyl/N-ethyl adjacent to an activating group) is 1. The number of nitrogens with zero attached hydrogens (tertiary/aromatic N) is 1. The van der Waals surface area contributed by atoms with Crippen LogP contribution in [0.4, 0.5) is 0 Å². The fraction of sp³-hybridized carbons (Fsp3) is 0.588. The molecule has 1 saturated carbocycles. The van der Waals surface area contributed by atoms with E-state index in [0.29, 0.717) is 12.5 Å². The third-order valence-electron chi connectivity index (χ3n) is 4.37. The largest absolute Gasteiger partial charge is 0.345 e. The van der Waals surface area contributed by atoms with Gasteiger partial charge in [0, 0.05) is 20.1 Å². The van der Waals surface area contributed by atoms with Crippen LogP contribution in [0.15, 0.2) is 30.3 Å². The number of hydrogen-bond acceptors (Lipinski definition) is 2. The average Bonchev–Trinajstić information content (AvgIpc) is 2.50. The summed E-state index contributed by atoms with van der Waals surface area (Å²) in [6.07, 6.45) is 6.49. The Morgan fingerprint density at radius 3 is 2.43 bits per heavy atom. The SMILES string of the molecule is CN(CC1CCCCC1)C(=O)C(CN)c1ccccc1.Cl. The van der Waals surface area contributed by atoms with Crippen molar-refractivity contribution >= 4 is 18.3 Å². The Balaban J connectivity index is 0.00000220. The zero-order chi connectivity index (χ0) is 14.4. The first-order valence-corrected chi connectivity index (χ1v) is 7.72. The third-order valence-corrected chi connectivity index (χ3v) is 4.37. The van der Waals surface area contributed by atoms with E-state index < -0.39 is 0 Å². The first kappa shape index (κ1) is 18.0. The molecule has 1 aliphatic carbocycles. The van der Waals surface area contributed by atoms with Gasteiger partial charge in [0.1, 0.15) is 0 Å². The van der Waals surface area contributed by atoms with E-state index >= 15 is 0 Å². The Morgan fingerprint density at radius 1 is 1.24 bits per heavy atom. The molecule has 1 unspecified atom stereocenters. The molecule has 0 radical (unpaired) electrons. The highest BCUT2D eigenvalue weighted by molar-refractivity contribution is 5.85. The molecular weight excluding hydrogens is 284 g/mol. The van der Waals surface area contributed by atoms with Crippen molar-refractivity contribution in [2.24, 2.45) is 11.7 Å². The maximum atomic E-state index is 12.6. The molecule has 0 heterocycles. The van der Waals surface area contributed by atoms with Gasteiger partial charge in [0.2, 0.25) is 5.91 Å². The first-order valence-electron chi connectivity index (χ1n) is 7.72. The Bertz CT molecular complexity index is 418.